The van der Waals surface area contributed by atoms with Crippen LogP contribution < -0.4 is 10.2 Å². The molecule has 2 aromatic rings. The minimum absolute atomic E-state index is 0.152. The van der Waals surface area contributed by atoms with Gasteiger partial charge in [-0.05, 0) is 31.0 Å². The quantitative estimate of drug-likeness (QED) is 0.939. The first kappa shape index (κ1) is 15.3. The molecule has 0 radical (unpaired) electrons. The van der Waals surface area contributed by atoms with Crippen molar-refractivity contribution in [3.63, 3.8) is 0 Å². The molecule has 5 nitrogen and oxygen atoms in total. The van der Waals surface area contributed by atoms with Gasteiger partial charge >= 0.3 is 0 Å². The second-order valence-electron chi connectivity index (χ2n) is 6.64. The average Bonchev–Trinajstić information content (AvgIpc) is 2.97. The van der Waals surface area contributed by atoms with Crippen molar-refractivity contribution in [3.8, 4) is 0 Å². The molecular formula is C18H21FN4O. The molecule has 0 bridgehead atoms. The molecular weight excluding hydrogens is 307 g/mol. The summed E-state index contributed by atoms with van der Waals surface area (Å²) in [6, 6.07) is 6.80. The minimum Gasteiger partial charge on any atom is -0.380 e. The summed E-state index contributed by atoms with van der Waals surface area (Å²) in [5.74, 6) is 0.682. The summed E-state index contributed by atoms with van der Waals surface area (Å²) in [5.41, 5.74) is 0.656. The van der Waals surface area contributed by atoms with Gasteiger partial charge in [0, 0.05) is 37.6 Å². The maximum atomic E-state index is 13.3. The standard InChI is InChI=1S/C18H21FN4O/c19-14-3-1-4-15(9-14)22-16-10-18(24-12-16)5-2-8-23(13-18)17-11-20-6-7-21-17/h1,3-4,6-7,9,11,16,22H,2,5,8,10,12-13H2/t16-,18+/m0/s1. The molecule has 126 valence electrons. The molecule has 1 aromatic heterocycles. The molecule has 2 aliphatic heterocycles. The smallest absolute Gasteiger partial charge is 0.147 e. The monoisotopic (exact) mass is 328 g/mol. The van der Waals surface area contributed by atoms with Crippen LogP contribution in [-0.4, -0.2) is 41.3 Å². The van der Waals surface area contributed by atoms with Crippen LogP contribution in [0.15, 0.2) is 42.9 Å². The number of rotatable bonds is 3. The average molecular weight is 328 g/mol. The molecule has 2 saturated heterocycles. The summed E-state index contributed by atoms with van der Waals surface area (Å²) >= 11 is 0. The van der Waals surface area contributed by atoms with E-state index < -0.39 is 0 Å². The van der Waals surface area contributed by atoms with Crippen LogP contribution in [0.5, 0.6) is 0 Å². The van der Waals surface area contributed by atoms with Crippen molar-refractivity contribution in [1.29, 1.82) is 0 Å². The van der Waals surface area contributed by atoms with E-state index >= 15 is 0 Å². The number of hydrogen-bond acceptors (Lipinski definition) is 5. The highest BCUT2D eigenvalue weighted by atomic mass is 19.1. The number of ether oxygens (including phenoxy) is 1. The molecule has 0 amide bonds. The van der Waals surface area contributed by atoms with Crippen LogP contribution in [0.1, 0.15) is 19.3 Å². The van der Waals surface area contributed by atoms with Crippen molar-refractivity contribution in [2.75, 3.05) is 29.9 Å². The minimum atomic E-state index is -0.222. The molecule has 0 unspecified atom stereocenters. The fourth-order valence-corrected chi connectivity index (χ4v) is 3.78. The number of nitrogens with zero attached hydrogens (tertiary/aromatic N) is 3. The number of anilines is 2. The number of halogens is 1. The van der Waals surface area contributed by atoms with Gasteiger partial charge in [0.05, 0.1) is 24.4 Å². The Balaban J connectivity index is 1.43. The van der Waals surface area contributed by atoms with Crippen molar-refractivity contribution < 1.29 is 9.13 Å². The van der Waals surface area contributed by atoms with E-state index in [1.807, 2.05) is 6.07 Å². The van der Waals surface area contributed by atoms with Gasteiger partial charge in [-0.1, -0.05) is 6.07 Å². The van der Waals surface area contributed by atoms with Crippen molar-refractivity contribution in [2.45, 2.75) is 30.9 Å². The van der Waals surface area contributed by atoms with Crippen LogP contribution in [0.25, 0.3) is 0 Å². The number of hydrogen-bond donors (Lipinski definition) is 1. The lowest BCUT2D eigenvalue weighted by Gasteiger charge is -2.40. The van der Waals surface area contributed by atoms with Crippen LogP contribution in [-0.2, 0) is 4.74 Å². The van der Waals surface area contributed by atoms with Crippen LogP contribution >= 0.6 is 0 Å². The highest BCUT2D eigenvalue weighted by molar-refractivity contribution is 5.44. The van der Waals surface area contributed by atoms with E-state index in [4.69, 9.17) is 4.74 Å². The van der Waals surface area contributed by atoms with E-state index in [0.717, 1.165) is 43.9 Å². The Morgan fingerprint density at radius 1 is 1.33 bits per heavy atom. The van der Waals surface area contributed by atoms with Gasteiger partial charge in [-0.15, -0.1) is 0 Å². The van der Waals surface area contributed by atoms with Crippen molar-refractivity contribution in [3.05, 3.63) is 48.7 Å². The topological polar surface area (TPSA) is 50.3 Å². The lowest BCUT2D eigenvalue weighted by Crippen LogP contribution is -2.48. The zero-order valence-electron chi connectivity index (χ0n) is 13.5. The summed E-state index contributed by atoms with van der Waals surface area (Å²) < 4.78 is 19.5. The number of aromatic nitrogens is 2. The molecule has 2 aliphatic rings. The SMILES string of the molecule is Fc1cccc(N[C@@H]2CO[C@]3(CCCN(c4cnccn4)C3)C2)c1. The van der Waals surface area contributed by atoms with Crippen molar-refractivity contribution in [1.82, 2.24) is 9.97 Å². The summed E-state index contributed by atoms with van der Waals surface area (Å²) in [6.07, 6.45) is 8.25. The highest BCUT2D eigenvalue weighted by Gasteiger charge is 2.43. The third-order valence-electron chi connectivity index (χ3n) is 4.82. The third-order valence-corrected chi connectivity index (χ3v) is 4.82. The van der Waals surface area contributed by atoms with E-state index in [0.29, 0.717) is 6.61 Å². The molecule has 6 heteroatoms. The summed E-state index contributed by atoms with van der Waals surface area (Å²) in [4.78, 5) is 10.8. The molecule has 0 saturated carbocycles. The lowest BCUT2D eigenvalue weighted by atomic mass is 9.88. The first-order chi connectivity index (χ1) is 11.7. The van der Waals surface area contributed by atoms with Crippen LogP contribution in [0, 0.1) is 5.82 Å². The Morgan fingerprint density at radius 2 is 2.29 bits per heavy atom. The maximum Gasteiger partial charge on any atom is 0.147 e. The van der Waals surface area contributed by atoms with E-state index in [1.54, 1.807) is 24.7 Å². The van der Waals surface area contributed by atoms with Gasteiger partial charge in [-0.2, -0.15) is 0 Å². The second-order valence-corrected chi connectivity index (χ2v) is 6.64. The predicted molar refractivity (Wildman–Crippen MR) is 90.6 cm³/mol. The number of piperidine rings is 1. The Kier molecular flexibility index (Phi) is 4.06. The first-order valence-electron chi connectivity index (χ1n) is 8.40. The van der Waals surface area contributed by atoms with Crippen LogP contribution in [0.3, 0.4) is 0 Å². The molecule has 0 aliphatic carbocycles. The van der Waals surface area contributed by atoms with E-state index in [2.05, 4.69) is 20.2 Å². The molecule has 4 rings (SSSR count). The fourth-order valence-electron chi connectivity index (χ4n) is 3.78. The molecule has 1 N–H and O–H groups in total. The van der Waals surface area contributed by atoms with Crippen LogP contribution in [0.4, 0.5) is 15.9 Å². The highest BCUT2D eigenvalue weighted by Crippen LogP contribution is 2.36. The Labute approximate surface area is 140 Å². The zero-order chi connectivity index (χ0) is 16.4. The maximum absolute atomic E-state index is 13.3. The van der Waals surface area contributed by atoms with Crippen LogP contribution in [0.2, 0.25) is 0 Å². The van der Waals surface area contributed by atoms with E-state index in [1.165, 1.54) is 12.1 Å². The zero-order valence-corrected chi connectivity index (χ0v) is 13.5. The van der Waals surface area contributed by atoms with E-state index in [-0.39, 0.29) is 17.5 Å². The van der Waals surface area contributed by atoms with Gasteiger partial charge in [0.1, 0.15) is 11.6 Å². The molecule has 3 heterocycles. The van der Waals surface area contributed by atoms with Gasteiger partial charge in [0.2, 0.25) is 0 Å². The normalized spacial score (nSPS) is 26.7. The fraction of sp³-hybridized carbons (Fsp3) is 0.444. The lowest BCUT2D eigenvalue weighted by molar-refractivity contribution is -0.00652. The summed E-state index contributed by atoms with van der Waals surface area (Å²) in [6.45, 7) is 2.45. The summed E-state index contributed by atoms with van der Waals surface area (Å²) in [5, 5.41) is 3.40. The van der Waals surface area contributed by atoms with E-state index in [9.17, 15) is 4.39 Å². The van der Waals surface area contributed by atoms with Gasteiger partial charge in [-0.3, -0.25) is 4.98 Å². The Hall–Kier alpha value is -2.21. The van der Waals surface area contributed by atoms with Gasteiger partial charge in [-0.25, -0.2) is 9.37 Å². The molecule has 2 atom stereocenters. The number of nitrogens with one attached hydrogen (secondary N) is 1. The first-order valence-corrected chi connectivity index (χ1v) is 8.40. The van der Waals surface area contributed by atoms with Crippen molar-refractivity contribution >= 4 is 11.5 Å². The second kappa shape index (κ2) is 6.36. The van der Waals surface area contributed by atoms with Gasteiger partial charge in [0.15, 0.2) is 0 Å². The Morgan fingerprint density at radius 3 is 3.12 bits per heavy atom. The largest absolute Gasteiger partial charge is 0.380 e. The third kappa shape index (κ3) is 3.19. The predicted octanol–water partition coefficient (Wildman–Crippen LogP) is 2.86. The van der Waals surface area contributed by atoms with Crippen molar-refractivity contribution in [2.24, 2.45) is 0 Å². The molecule has 1 spiro atoms. The Bertz CT molecular complexity index is 698. The van der Waals surface area contributed by atoms with Gasteiger partial charge in [0.25, 0.3) is 0 Å². The number of benzene rings is 1. The molecule has 1 aromatic carbocycles. The summed E-state index contributed by atoms with van der Waals surface area (Å²) in [7, 11) is 0. The molecule has 24 heavy (non-hydrogen) atoms. The van der Waals surface area contributed by atoms with Gasteiger partial charge < -0.3 is 15.0 Å². The molecule has 2 fully saturated rings.